The van der Waals surface area contributed by atoms with Gasteiger partial charge >= 0.3 is 0 Å². The largest absolute Gasteiger partial charge is 0.467 e. The molecule has 3 rings (SSSR count). The fourth-order valence-electron chi connectivity index (χ4n) is 2.19. The number of furan rings is 2. The second-order valence-corrected chi connectivity index (χ2v) is 4.85. The van der Waals surface area contributed by atoms with Crippen LogP contribution in [0.4, 0.5) is 0 Å². The number of nitrogens with one attached hydrogen (secondary N) is 1. The van der Waals surface area contributed by atoms with Gasteiger partial charge in [0.05, 0.1) is 12.3 Å². The number of para-hydroxylation sites is 1. The summed E-state index contributed by atoms with van der Waals surface area (Å²) >= 11 is 0. The topological polar surface area (TPSA) is 58.5 Å². The van der Waals surface area contributed by atoms with Crippen molar-refractivity contribution in [1.29, 1.82) is 0 Å². The van der Waals surface area contributed by atoms with Crippen molar-refractivity contribution in [3.63, 3.8) is 0 Å². The van der Waals surface area contributed by atoms with E-state index in [0.29, 0.717) is 12.3 Å². The molecule has 0 aliphatic carbocycles. The summed E-state index contributed by atoms with van der Waals surface area (Å²) in [6.45, 7) is 2.41. The monoisotopic (exact) mass is 271 g/mol. The van der Waals surface area contributed by atoms with Gasteiger partial charge in [0.2, 0.25) is 0 Å². The fraction of sp³-hybridized carbons (Fsp3) is 0.250. The number of fused-ring (bicyclic) bond motifs is 1. The summed E-state index contributed by atoms with van der Waals surface area (Å²) in [7, 11) is 0. The van der Waals surface area contributed by atoms with E-state index < -0.39 is 6.10 Å². The van der Waals surface area contributed by atoms with Crippen molar-refractivity contribution >= 4 is 11.0 Å². The van der Waals surface area contributed by atoms with Crippen LogP contribution in [0.2, 0.25) is 0 Å². The molecule has 4 nitrogen and oxygen atoms in total. The Morgan fingerprint density at radius 1 is 1.15 bits per heavy atom. The van der Waals surface area contributed by atoms with Crippen LogP contribution in [0.5, 0.6) is 0 Å². The lowest BCUT2D eigenvalue weighted by atomic mass is 10.2. The first-order valence-corrected chi connectivity index (χ1v) is 6.67. The number of rotatable bonds is 5. The summed E-state index contributed by atoms with van der Waals surface area (Å²) in [4.78, 5) is 0. The van der Waals surface area contributed by atoms with Crippen molar-refractivity contribution in [2.45, 2.75) is 19.1 Å². The lowest BCUT2D eigenvalue weighted by Gasteiger charge is -2.14. The molecule has 0 amide bonds. The minimum absolute atomic E-state index is 0.0204. The number of hydrogen-bond acceptors (Lipinski definition) is 4. The Morgan fingerprint density at radius 3 is 2.75 bits per heavy atom. The maximum absolute atomic E-state index is 9.96. The molecule has 0 saturated heterocycles. The van der Waals surface area contributed by atoms with Gasteiger partial charge in [0.25, 0.3) is 0 Å². The van der Waals surface area contributed by atoms with Gasteiger partial charge in [-0.2, -0.15) is 0 Å². The lowest BCUT2D eigenvalue weighted by molar-refractivity contribution is 0.143. The predicted octanol–water partition coefficient (Wildman–Crippen LogP) is 3.41. The first-order valence-electron chi connectivity index (χ1n) is 6.67. The Kier molecular flexibility index (Phi) is 3.58. The molecule has 104 valence electrons. The lowest BCUT2D eigenvalue weighted by Crippen LogP contribution is -2.24. The van der Waals surface area contributed by atoms with Gasteiger partial charge in [0.15, 0.2) is 0 Å². The number of hydrogen-bond donors (Lipinski definition) is 2. The molecule has 2 heterocycles. The van der Waals surface area contributed by atoms with Gasteiger partial charge in [-0.3, -0.25) is 0 Å². The first kappa shape index (κ1) is 13.0. The molecule has 2 unspecified atom stereocenters. The van der Waals surface area contributed by atoms with E-state index in [1.165, 1.54) is 0 Å². The van der Waals surface area contributed by atoms with Crippen molar-refractivity contribution in [2.75, 3.05) is 6.54 Å². The van der Waals surface area contributed by atoms with Gasteiger partial charge in [-0.25, -0.2) is 0 Å². The highest BCUT2D eigenvalue weighted by Gasteiger charge is 2.15. The standard InChI is InChI=1S/C16H17NO3/c1-11(17-10-13(18)15-7-4-8-19-15)16-9-12-5-2-3-6-14(12)20-16/h2-9,11,13,17-18H,10H2,1H3. The smallest absolute Gasteiger partial charge is 0.134 e. The Labute approximate surface area is 117 Å². The second-order valence-electron chi connectivity index (χ2n) is 4.85. The van der Waals surface area contributed by atoms with Crippen LogP contribution in [0, 0.1) is 0 Å². The fourth-order valence-corrected chi connectivity index (χ4v) is 2.19. The maximum Gasteiger partial charge on any atom is 0.134 e. The highest BCUT2D eigenvalue weighted by molar-refractivity contribution is 5.77. The van der Waals surface area contributed by atoms with Crippen LogP contribution in [0.15, 0.2) is 57.6 Å². The van der Waals surface area contributed by atoms with Gasteiger partial charge in [0, 0.05) is 11.9 Å². The Morgan fingerprint density at radius 2 is 2.00 bits per heavy atom. The summed E-state index contributed by atoms with van der Waals surface area (Å²) in [5.41, 5.74) is 0.878. The second kappa shape index (κ2) is 5.53. The van der Waals surface area contributed by atoms with Crippen LogP contribution < -0.4 is 5.32 Å². The van der Waals surface area contributed by atoms with E-state index in [4.69, 9.17) is 8.83 Å². The van der Waals surface area contributed by atoms with Crippen LogP contribution in [0.1, 0.15) is 30.6 Å². The first-order chi connectivity index (χ1) is 9.74. The van der Waals surface area contributed by atoms with Crippen molar-refractivity contribution in [1.82, 2.24) is 5.32 Å². The molecule has 0 bridgehead atoms. The average Bonchev–Trinajstić information content (AvgIpc) is 3.12. The average molecular weight is 271 g/mol. The minimum atomic E-state index is -0.656. The summed E-state index contributed by atoms with van der Waals surface area (Å²) in [6, 6.07) is 13.5. The molecule has 0 fully saturated rings. The van der Waals surface area contributed by atoms with Crippen molar-refractivity contribution < 1.29 is 13.9 Å². The third-order valence-corrected chi connectivity index (χ3v) is 3.36. The van der Waals surface area contributed by atoms with Crippen LogP contribution in [0.25, 0.3) is 11.0 Å². The van der Waals surface area contributed by atoms with Crippen LogP contribution in [0.3, 0.4) is 0 Å². The molecule has 0 aliphatic rings. The number of aliphatic hydroxyl groups excluding tert-OH is 1. The highest BCUT2D eigenvalue weighted by Crippen LogP contribution is 2.24. The molecular weight excluding hydrogens is 254 g/mol. The molecule has 3 aromatic rings. The predicted molar refractivity (Wildman–Crippen MR) is 76.3 cm³/mol. The zero-order valence-corrected chi connectivity index (χ0v) is 11.2. The van der Waals surface area contributed by atoms with E-state index in [9.17, 15) is 5.11 Å². The van der Waals surface area contributed by atoms with Crippen LogP contribution >= 0.6 is 0 Å². The van der Waals surface area contributed by atoms with Crippen LogP contribution in [-0.4, -0.2) is 11.7 Å². The van der Waals surface area contributed by atoms with Crippen molar-refractivity contribution in [3.8, 4) is 0 Å². The highest BCUT2D eigenvalue weighted by atomic mass is 16.4. The Bertz CT molecular complexity index is 639. The number of benzene rings is 1. The van der Waals surface area contributed by atoms with Gasteiger partial charge in [-0.15, -0.1) is 0 Å². The Hall–Kier alpha value is -2.04. The molecule has 2 atom stereocenters. The minimum Gasteiger partial charge on any atom is -0.467 e. The zero-order valence-electron chi connectivity index (χ0n) is 11.2. The summed E-state index contributed by atoms with van der Waals surface area (Å²) in [6.07, 6.45) is 0.901. The Balaban J connectivity index is 1.65. The third kappa shape index (κ3) is 2.61. The van der Waals surface area contributed by atoms with Gasteiger partial charge in [0.1, 0.15) is 23.2 Å². The normalized spacial score (nSPS) is 14.5. The maximum atomic E-state index is 9.96. The quantitative estimate of drug-likeness (QED) is 0.746. The molecule has 2 aromatic heterocycles. The van der Waals surface area contributed by atoms with Gasteiger partial charge < -0.3 is 19.3 Å². The van der Waals surface area contributed by atoms with Gasteiger partial charge in [-0.05, 0) is 31.2 Å². The van der Waals surface area contributed by atoms with Crippen molar-refractivity contribution in [2.24, 2.45) is 0 Å². The molecule has 0 radical (unpaired) electrons. The molecular formula is C16H17NO3. The summed E-state index contributed by atoms with van der Waals surface area (Å²) < 4.78 is 11.0. The summed E-state index contributed by atoms with van der Waals surface area (Å²) in [5, 5.41) is 14.3. The molecule has 4 heteroatoms. The molecule has 0 saturated carbocycles. The molecule has 0 aliphatic heterocycles. The SMILES string of the molecule is CC(NCC(O)c1ccco1)c1cc2ccccc2o1. The third-order valence-electron chi connectivity index (χ3n) is 3.36. The van der Waals surface area contributed by atoms with E-state index in [1.807, 2.05) is 37.3 Å². The van der Waals surface area contributed by atoms with Crippen molar-refractivity contribution in [3.05, 3.63) is 60.2 Å². The van der Waals surface area contributed by atoms with E-state index in [2.05, 4.69) is 5.32 Å². The van der Waals surface area contributed by atoms with Gasteiger partial charge in [-0.1, -0.05) is 18.2 Å². The van der Waals surface area contributed by atoms with Crippen LogP contribution in [-0.2, 0) is 0 Å². The molecule has 20 heavy (non-hydrogen) atoms. The molecule has 2 N–H and O–H groups in total. The van der Waals surface area contributed by atoms with E-state index >= 15 is 0 Å². The van der Waals surface area contributed by atoms with E-state index in [-0.39, 0.29) is 6.04 Å². The zero-order chi connectivity index (χ0) is 13.9. The summed E-state index contributed by atoms with van der Waals surface area (Å²) in [5.74, 6) is 1.42. The van der Waals surface area contributed by atoms with E-state index in [0.717, 1.165) is 16.7 Å². The molecule has 1 aromatic carbocycles. The van der Waals surface area contributed by atoms with E-state index in [1.54, 1.807) is 18.4 Å². The molecule has 0 spiro atoms. The number of aliphatic hydroxyl groups is 1.